The molecule has 2 nitrogen and oxygen atoms in total. The molecule has 0 aliphatic rings. The van der Waals surface area contributed by atoms with Gasteiger partial charge in [-0.25, -0.2) is 0 Å². The molecule has 0 rings (SSSR count). The average molecular weight is 313 g/mol. The van der Waals surface area contributed by atoms with Crippen LogP contribution in [-0.2, 0) is 0 Å². The van der Waals surface area contributed by atoms with E-state index in [1.807, 2.05) is 0 Å². The van der Waals surface area contributed by atoms with Crippen molar-refractivity contribution in [1.82, 2.24) is 5.32 Å². The first-order chi connectivity index (χ1) is 10.6. The van der Waals surface area contributed by atoms with Crippen molar-refractivity contribution in [3.8, 4) is 0 Å². The highest BCUT2D eigenvalue weighted by molar-refractivity contribution is 5.06. The average Bonchev–Trinajstić information content (AvgIpc) is 2.56. The quantitative estimate of drug-likeness (QED) is 0.375. The van der Waals surface area contributed by atoms with Gasteiger partial charge in [0.1, 0.15) is 0 Å². The molecule has 0 unspecified atom stereocenters. The Morgan fingerprint density at radius 1 is 0.636 bits per heavy atom. The van der Waals surface area contributed by atoms with Crippen LogP contribution >= 0.6 is 0 Å². The molecule has 0 radical (unpaired) electrons. The maximum atomic E-state index is 6.74. The molecule has 22 heavy (non-hydrogen) atoms. The van der Waals surface area contributed by atoms with Crippen LogP contribution in [0.3, 0.4) is 0 Å². The first kappa shape index (κ1) is 21.9. The summed E-state index contributed by atoms with van der Waals surface area (Å²) in [5, 5.41) is 3.86. The van der Waals surface area contributed by atoms with Gasteiger partial charge in [-0.2, -0.15) is 0 Å². The highest BCUT2D eigenvalue weighted by Crippen LogP contribution is 2.32. The molecular formula is C20H44N2. The van der Waals surface area contributed by atoms with Crippen molar-refractivity contribution in [1.29, 1.82) is 0 Å². The summed E-state index contributed by atoms with van der Waals surface area (Å²) < 4.78 is 0. The molecule has 0 fully saturated rings. The molecule has 0 aromatic carbocycles. The Bertz CT molecular complexity index is 242. The minimum absolute atomic E-state index is 0.0728. The fourth-order valence-corrected chi connectivity index (χ4v) is 3.89. The van der Waals surface area contributed by atoms with Crippen LogP contribution in [0.2, 0.25) is 0 Å². The largest absolute Gasteiger partial charge is 0.324 e. The van der Waals surface area contributed by atoms with Crippen LogP contribution in [0.15, 0.2) is 0 Å². The third-order valence-electron chi connectivity index (χ3n) is 5.92. The van der Waals surface area contributed by atoms with Gasteiger partial charge in [0.15, 0.2) is 0 Å². The summed E-state index contributed by atoms with van der Waals surface area (Å²) in [6, 6.07) is 0. The van der Waals surface area contributed by atoms with E-state index in [-0.39, 0.29) is 11.1 Å². The molecule has 3 N–H and O–H groups in total. The van der Waals surface area contributed by atoms with Gasteiger partial charge in [0.2, 0.25) is 0 Å². The fourth-order valence-electron chi connectivity index (χ4n) is 3.89. The summed E-state index contributed by atoms with van der Waals surface area (Å²) in [5.41, 5.74) is 6.78. The molecule has 0 amide bonds. The highest BCUT2D eigenvalue weighted by atomic mass is 15.0. The lowest BCUT2D eigenvalue weighted by Gasteiger charge is -2.48. The van der Waals surface area contributed by atoms with Crippen molar-refractivity contribution >= 4 is 0 Å². The molecule has 0 saturated heterocycles. The number of rotatable bonds is 15. The number of nitrogens with two attached hydrogens (primary N) is 1. The van der Waals surface area contributed by atoms with E-state index in [2.05, 4.69) is 39.9 Å². The van der Waals surface area contributed by atoms with E-state index < -0.39 is 0 Å². The monoisotopic (exact) mass is 312 g/mol. The summed E-state index contributed by atoms with van der Waals surface area (Å²) >= 11 is 0. The zero-order chi connectivity index (χ0) is 16.9. The first-order valence-electron chi connectivity index (χ1n) is 10.1. The van der Waals surface area contributed by atoms with E-state index >= 15 is 0 Å². The molecule has 0 atom stereocenters. The van der Waals surface area contributed by atoms with Crippen LogP contribution in [0, 0.1) is 0 Å². The van der Waals surface area contributed by atoms with Gasteiger partial charge in [-0.05, 0) is 38.6 Å². The highest BCUT2D eigenvalue weighted by Gasteiger charge is 2.43. The van der Waals surface area contributed by atoms with Crippen LogP contribution in [0.25, 0.3) is 0 Å². The van der Waals surface area contributed by atoms with Crippen molar-refractivity contribution < 1.29 is 0 Å². The molecule has 0 aliphatic heterocycles. The zero-order valence-corrected chi connectivity index (χ0v) is 16.3. The van der Waals surface area contributed by atoms with Gasteiger partial charge in [0, 0.05) is 11.1 Å². The topological polar surface area (TPSA) is 38.0 Å². The summed E-state index contributed by atoms with van der Waals surface area (Å²) in [6.07, 6.45) is 15.4. The molecule has 0 heterocycles. The second-order valence-corrected chi connectivity index (χ2v) is 7.05. The lowest BCUT2D eigenvalue weighted by atomic mass is 9.70. The molecule has 134 valence electrons. The van der Waals surface area contributed by atoms with Crippen LogP contribution in [-0.4, -0.2) is 17.6 Å². The lowest BCUT2D eigenvalue weighted by molar-refractivity contribution is 0.140. The van der Waals surface area contributed by atoms with E-state index in [4.69, 9.17) is 5.73 Å². The predicted octanol–water partition coefficient (Wildman–Crippen LogP) is 5.79. The maximum absolute atomic E-state index is 6.74. The van der Waals surface area contributed by atoms with Crippen molar-refractivity contribution in [3.05, 3.63) is 0 Å². The third-order valence-corrected chi connectivity index (χ3v) is 5.92. The van der Waals surface area contributed by atoms with E-state index in [9.17, 15) is 0 Å². The second kappa shape index (κ2) is 12.4. The molecule has 0 bridgehead atoms. The van der Waals surface area contributed by atoms with Crippen molar-refractivity contribution in [2.75, 3.05) is 6.54 Å². The number of hydrogen-bond acceptors (Lipinski definition) is 2. The van der Waals surface area contributed by atoms with E-state index in [0.717, 1.165) is 32.2 Å². The second-order valence-electron chi connectivity index (χ2n) is 7.05. The summed E-state index contributed by atoms with van der Waals surface area (Å²) in [6.45, 7) is 12.5. The van der Waals surface area contributed by atoms with Crippen molar-refractivity contribution in [2.24, 2.45) is 5.73 Å². The lowest BCUT2D eigenvalue weighted by Crippen LogP contribution is -2.66. The molecule has 0 saturated carbocycles. The van der Waals surface area contributed by atoms with E-state index in [0.29, 0.717) is 0 Å². The Morgan fingerprint density at radius 3 is 1.50 bits per heavy atom. The molecule has 0 spiro atoms. The molecule has 0 aliphatic carbocycles. The molecule has 0 aromatic heterocycles. The molecule has 0 aromatic rings. The van der Waals surface area contributed by atoms with E-state index in [1.165, 1.54) is 51.4 Å². The minimum atomic E-state index is -0.0728. The fraction of sp³-hybridized carbons (Fsp3) is 1.00. The summed E-state index contributed by atoms with van der Waals surface area (Å²) in [5.74, 6) is 0. The first-order valence-corrected chi connectivity index (χ1v) is 10.1. The Kier molecular flexibility index (Phi) is 12.3. The van der Waals surface area contributed by atoms with E-state index in [1.54, 1.807) is 0 Å². The van der Waals surface area contributed by atoms with Gasteiger partial charge in [0.25, 0.3) is 0 Å². The normalized spacial score (nSPS) is 12.8. The number of unbranched alkanes of at least 4 members (excludes halogenated alkanes) is 7. The zero-order valence-electron chi connectivity index (χ0n) is 16.3. The minimum Gasteiger partial charge on any atom is -0.324 e. The molecular weight excluding hydrogens is 268 g/mol. The number of nitrogens with one attached hydrogen (secondary N) is 1. The van der Waals surface area contributed by atoms with Gasteiger partial charge in [-0.15, -0.1) is 0 Å². The van der Waals surface area contributed by atoms with Crippen LogP contribution in [0.1, 0.15) is 112 Å². The van der Waals surface area contributed by atoms with Gasteiger partial charge in [0.05, 0.1) is 0 Å². The van der Waals surface area contributed by atoms with Gasteiger partial charge in [-0.1, -0.05) is 79.6 Å². The van der Waals surface area contributed by atoms with Crippen LogP contribution < -0.4 is 11.1 Å². The third kappa shape index (κ3) is 6.58. The Balaban J connectivity index is 4.07. The van der Waals surface area contributed by atoms with Gasteiger partial charge < -0.3 is 11.1 Å². The maximum Gasteiger partial charge on any atom is 0.0356 e. The van der Waals surface area contributed by atoms with Gasteiger partial charge in [-0.3, -0.25) is 0 Å². The standard InChI is InChI=1S/C20H44N2/c1-6-11-12-13-14-15-16-17-18-22-20(9-4,10-5)19(21,7-2)8-3/h22H,6-18,21H2,1-5H3. The SMILES string of the molecule is CCCCCCCCCCNC(CC)(CC)C(N)(CC)CC. The summed E-state index contributed by atoms with van der Waals surface area (Å²) in [7, 11) is 0. The summed E-state index contributed by atoms with van der Waals surface area (Å²) in [4.78, 5) is 0. The van der Waals surface area contributed by atoms with Crippen LogP contribution in [0.4, 0.5) is 0 Å². The predicted molar refractivity (Wildman–Crippen MR) is 101 cm³/mol. The van der Waals surface area contributed by atoms with Gasteiger partial charge >= 0.3 is 0 Å². The Hall–Kier alpha value is -0.0800. The number of hydrogen-bond donors (Lipinski definition) is 2. The van der Waals surface area contributed by atoms with Crippen molar-refractivity contribution in [3.63, 3.8) is 0 Å². The van der Waals surface area contributed by atoms with Crippen molar-refractivity contribution in [2.45, 2.75) is 123 Å². The van der Waals surface area contributed by atoms with Crippen LogP contribution in [0.5, 0.6) is 0 Å². The smallest absolute Gasteiger partial charge is 0.0356 e. The molecule has 2 heteroatoms. The Labute approximate surface area is 141 Å². The Morgan fingerprint density at radius 2 is 1.09 bits per heavy atom.